The average molecular weight is 152 g/mol. The molecule has 4 atom stereocenters. The first kappa shape index (κ1) is 5.77. The maximum atomic E-state index is 11.1. The van der Waals surface area contributed by atoms with Gasteiger partial charge in [-0.1, -0.05) is 12.2 Å². The molecule has 11 heavy (non-hydrogen) atoms. The number of carbonyl (C=O) groups excluding carboxylic acids is 1. The Morgan fingerprint density at radius 2 is 2.18 bits per heavy atom. The van der Waals surface area contributed by atoms with Gasteiger partial charge in [0, 0.05) is 5.92 Å². The normalized spacial score (nSPS) is 51.5. The second kappa shape index (κ2) is 1.67. The third-order valence-electron chi connectivity index (χ3n) is 2.73. The van der Waals surface area contributed by atoms with E-state index in [0.717, 1.165) is 0 Å². The highest BCUT2D eigenvalue weighted by Gasteiger charge is 2.54. The molecule has 58 valence electrons. The third kappa shape index (κ3) is 0.554. The van der Waals surface area contributed by atoms with Crippen molar-refractivity contribution in [1.82, 2.24) is 0 Å². The molecule has 3 rings (SSSR count). The van der Waals surface area contributed by atoms with Crippen LogP contribution in [0, 0.1) is 11.8 Å². The smallest absolute Gasteiger partial charge is 0.312 e. The molecule has 3 aliphatic rings. The lowest BCUT2D eigenvalue weighted by Gasteiger charge is -2.09. The highest BCUT2D eigenvalue weighted by molar-refractivity contribution is 5.77. The first-order valence-electron chi connectivity index (χ1n) is 3.87. The lowest BCUT2D eigenvalue weighted by molar-refractivity contribution is -0.143. The van der Waals surface area contributed by atoms with Crippen LogP contribution in [0.1, 0.15) is 0 Å². The van der Waals surface area contributed by atoms with Crippen LogP contribution < -0.4 is 0 Å². The molecule has 0 N–H and O–H groups in total. The molecule has 0 saturated carbocycles. The number of fused-ring (bicyclic) bond motifs is 5. The van der Waals surface area contributed by atoms with Crippen molar-refractivity contribution < 1.29 is 14.3 Å². The Bertz CT molecular complexity index is 246. The van der Waals surface area contributed by atoms with E-state index in [1.807, 2.05) is 12.2 Å². The molecule has 0 spiro atoms. The van der Waals surface area contributed by atoms with Crippen LogP contribution >= 0.6 is 0 Å². The summed E-state index contributed by atoms with van der Waals surface area (Å²) in [4.78, 5) is 11.1. The van der Waals surface area contributed by atoms with Gasteiger partial charge in [-0.15, -0.1) is 0 Å². The number of rotatable bonds is 0. The van der Waals surface area contributed by atoms with E-state index in [1.165, 1.54) is 0 Å². The second-order valence-corrected chi connectivity index (χ2v) is 3.27. The van der Waals surface area contributed by atoms with Crippen LogP contribution in [0.3, 0.4) is 0 Å². The second-order valence-electron chi connectivity index (χ2n) is 3.27. The Morgan fingerprint density at radius 3 is 3.00 bits per heavy atom. The highest BCUT2D eigenvalue weighted by atomic mass is 16.6. The molecule has 3 heterocycles. The average Bonchev–Trinajstić information content (AvgIpc) is 2.60. The van der Waals surface area contributed by atoms with E-state index in [-0.39, 0.29) is 24.1 Å². The van der Waals surface area contributed by atoms with Crippen molar-refractivity contribution in [3.63, 3.8) is 0 Å². The van der Waals surface area contributed by atoms with Crippen molar-refractivity contribution in [2.45, 2.75) is 12.2 Å². The molecular weight excluding hydrogens is 144 g/mol. The third-order valence-corrected chi connectivity index (χ3v) is 2.73. The molecule has 3 heteroatoms. The summed E-state index contributed by atoms with van der Waals surface area (Å²) in [6.07, 6.45) is 4.17. The predicted molar refractivity (Wildman–Crippen MR) is 35.7 cm³/mol. The van der Waals surface area contributed by atoms with Gasteiger partial charge in [0.2, 0.25) is 0 Å². The Hall–Kier alpha value is -0.830. The summed E-state index contributed by atoms with van der Waals surface area (Å²) < 4.78 is 10.4. The van der Waals surface area contributed by atoms with Gasteiger partial charge in [0.25, 0.3) is 0 Å². The first-order valence-corrected chi connectivity index (χ1v) is 3.87. The Kier molecular flexibility index (Phi) is 0.874. The number of ether oxygens (including phenoxy) is 2. The molecule has 0 aromatic carbocycles. The molecule has 3 aliphatic heterocycles. The van der Waals surface area contributed by atoms with Gasteiger partial charge >= 0.3 is 5.97 Å². The SMILES string of the molecule is O=C1OC[C@H]2[C@@H]1[C@H]1C=C[C@H]2O1. The summed E-state index contributed by atoms with van der Waals surface area (Å²) >= 11 is 0. The minimum absolute atomic E-state index is 0.00463. The molecule has 0 aromatic rings. The van der Waals surface area contributed by atoms with Gasteiger partial charge < -0.3 is 9.47 Å². The van der Waals surface area contributed by atoms with Crippen molar-refractivity contribution in [1.29, 1.82) is 0 Å². The molecule has 0 aliphatic carbocycles. The molecule has 2 saturated heterocycles. The number of hydrogen-bond acceptors (Lipinski definition) is 3. The summed E-state index contributed by atoms with van der Waals surface area (Å²) in [5.74, 6) is 0.231. The molecule has 0 amide bonds. The maximum absolute atomic E-state index is 11.1. The van der Waals surface area contributed by atoms with Crippen LogP contribution in [0.4, 0.5) is 0 Å². The fourth-order valence-electron chi connectivity index (χ4n) is 2.17. The number of carbonyl (C=O) groups is 1. The van der Waals surface area contributed by atoms with Crippen molar-refractivity contribution >= 4 is 5.97 Å². The molecule has 2 bridgehead atoms. The largest absolute Gasteiger partial charge is 0.465 e. The van der Waals surface area contributed by atoms with Crippen LogP contribution in [-0.4, -0.2) is 24.8 Å². The first-order chi connectivity index (χ1) is 5.36. The maximum Gasteiger partial charge on any atom is 0.312 e. The lowest BCUT2D eigenvalue weighted by atomic mass is 9.86. The van der Waals surface area contributed by atoms with E-state index in [9.17, 15) is 4.79 Å². The molecule has 3 nitrogen and oxygen atoms in total. The van der Waals surface area contributed by atoms with Crippen molar-refractivity contribution in [3.8, 4) is 0 Å². The highest BCUT2D eigenvalue weighted by Crippen LogP contribution is 2.42. The van der Waals surface area contributed by atoms with Gasteiger partial charge in [-0.3, -0.25) is 4.79 Å². The van der Waals surface area contributed by atoms with Crippen molar-refractivity contribution in [3.05, 3.63) is 12.2 Å². The Morgan fingerprint density at radius 1 is 1.36 bits per heavy atom. The van der Waals surface area contributed by atoms with Crippen LogP contribution in [0.2, 0.25) is 0 Å². The quantitative estimate of drug-likeness (QED) is 0.365. The molecular formula is C8H8O3. The molecule has 0 radical (unpaired) electrons. The van der Waals surface area contributed by atoms with Gasteiger partial charge in [-0.2, -0.15) is 0 Å². The zero-order valence-electron chi connectivity index (χ0n) is 5.90. The molecule has 0 aromatic heterocycles. The standard InChI is InChI=1S/C8H8O3/c9-8-7-4(3-10-8)5-1-2-6(7)11-5/h1-2,4-7H,3H2/t4-,5-,6-,7-/m1/s1. The fraction of sp³-hybridized carbons (Fsp3) is 0.625. The van der Waals surface area contributed by atoms with E-state index >= 15 is 0 Å². The van der Waals surface area contributed by atoms with Crippen LogP contribution in [0.25, 0.3) is 0 Å². The van der Waals surface area contributed by atoms with Gasteiger partial charge in [-0.05, 0) is 0 Å². The van der Waals surface area contributed by atoms with Crippen molar-refractivity contribution in [2.24, 2.45) is 11.8 Å². The molecule has 2 fully saturated rings. The topological polar surface area (TPSA) is 35.5 Å². The lowest BCUT2D eigenvalue weighted by Crippen LogP contribution is -2.24. The minimum atomic E-state index is -0.0770. The number of cyclic esters (lactones) is 1. The van der Waals surface area contributed by atoms with E-state index in [2.05, 4.69) is 0 Å². The van der Waals surface area contributed by atoms with Crippen LogP contribution in [-0.2, 0) is 14.3 Å². The summed E-state index contributed by atoms with van der Waals surface area (Å²) in [5.41, 5.74) is 0. The zero-order valence-corrected chi connectivity index (χ0v) is 5.90. The van der Waals surface area contributed by atoms with Gasteiger partial charge in [0.15, 0.2) is 0 Å². The Labute approximate surface area is 64.0 Å². The number of esters is 1. The Balaban J connectivity index is 2.03. The summed E-state index contributed by atoms with van der Waals surface area (Å²) in [6.45, 7) is 0.551. The molecule has 0 unspecified atom stereocenters. The zero-order chi connectivity index (χ0) is 7.42. The monoisotopic (exact) mass is 152 g/mol. The van der Waals surface area contributed by atoms with E-state index in [0.29, 0.717) is 12.5 Å². The summed E-state index contributed by atoms with van der Waals surface area (Å²) in [6, 6.07) is 0. The van der Waals surface area contributed by atoms with Crippen LogP contribution in [0.5, 0.6) is 0 Å². The van der Waals surface area contributed by atoms with E-state index in [1.54, 1.807) is 0 Å². The summed E-state index contributed by atoms with van der Waals surface area (Å²) in [7, 11) is 0. The van der Waals surface area contributed by atoms with Gasteiger partial charge in [0.05, 0.1) is 24.7 Å². The summed E-state index contributed by atoms with van der Waals surface area (Å²) in [5, 5.41) is 0. The number of hydrogen-bond donors (Lipinski definition) is 0. The predicted octanol–water partition coefficient (Wildman–Crippen LogP) is 0.113. The minimum Gasteiger partial charge on any atom is -0.465 e. The fourth-order valence-corrected chi connectivity index (χ4v) is 2.17. The van der Waals surface area contributed by atoms with Crippen molar-refractivity contribution in [2.75, 3.05) is 6.61 Å². The van der Waals surface area contributed by atoms with Gasteiger partial charge in [-0.25, -0.2) is 0 Å². The van der Waals surface area contributed by atoms with E-state index in [4.69, 9.17) is 9.47 Å². The van der Waals surface area contributed by atoms with Gasteiger partial charge in [0.1, 0.15) is 0 Å². The van der Waals surface area contributed by atoms with E-state index < -0.39 is 0 Å². The van der Waals surface area contributed by atoms with Crippen LogP contribution in [0.15, 0.2) is 12.2 Å².